The lowest BCUT2D eigenvalue weighted by molar-refractivity contribution is -0.138. The van der Waals surface area contributed by atoms with Gasteiger partial charge in [0.2, 0.25) is 0 Å². The summed E-state index contributed by atoms with van der Waals surface area (Å²) in [5.41, 5.74) is 6.67. The first-order valence-electron chi connectivity index (χ1n) is 4.30. The van der Waals surface area contributed by atoms with Crippen LogP contribution >= 0.6 is 12.6 Å². The number of carboxylic acid groups (broad SMARTS) is 1. The number of thiol groups is 1. The van der Waals surface area contributed by atoms with E-state index in [4.69, 9.17) is 10.8 Å². The van der Waals surface area contributed by atoms with Crippen LogP contribution in [0, 0.1) is 0 Å². The summed E-state index contributed by atoms with van der Waals surface area (Å²) in [6.45, 7) is 0. The molecule has 80 valence electrons. The normalized spacial score (nSPS) is 12.1. The topological polar surface area (TPSA) is 80.4 Å². The molecule has 3 N–H and O–H groups in total. The van der Waals surface area contributed by atoms with Crippen molar-refractivity contribution in [3.05, 3.63) is 29.8 Å². The maximum atomic E-state index is 11.1. The summed E-state index contributed by atoms with van der Waals surface area (Å²) in [4.78, 5) is 21.7. The molecule has 0 amide bonds. The van der Waals surface area contributed by atoms with Crippen LogP contribution in [-0.4, -0.2) is 16.2 Å². The van der Waals surface area contributed by atoms with Gasteiger partial charge in [0.05, 0.1) is 12.3 Å². The molecule has 1 aromatic rings. The highest BCUT2D eigenvalue weighted by Gasteiger charge is 2.20. The Morgan fingerprint density at radius 3 is 2.27 bits per heavy atom. The third-order valence-corrected chi connectivity index (χ3v) is 2.33. The molecule has 4 nitrogen and oxygen atoms in total. The number of carbonyl (C=O) groups excluding carboxylic acids is 1. The molecule has 0 fully saturated rings. The van der Waals surface area contributed by atoms with Crippen LogP contribution in [0.25, 0.3) is 0 Å². The molecule has 0 radical (unpaired) electrons. The maximum Gasteiger partial charge on any atom is 0.304 e. The number of carboxylic acids is 1. The quantitative estimate of drug-likeness (QED) is 0.532. The smallest absolute Gasteiger partial charge is 0.304 e. The number of benzene rings is 1. The Morgan fingerprint density at radius 2 is 1.87 bits per heavy atom. The number of nitrogen functional groups attached to an aromatic ring is 1. The standard InChI is InChI=1S/C10H11NO3S/c11-7-3-1-6(2-4-7)8(10(14)15)5-9(12)13/h1-4,8H,5,11H2,(H,12,13)(H,14,15). The number of carbonyl (C=O) groups is 2. The highest BCUT2D eigenvalue weighted by Crippen LogP contribution is 2.23. The zero-order valence-electron chi connectivity index (χ0n) is 7.88. The largest absolute Gasteiger partial charge is 0.481 e. The van der Waals surface area contributed by atoms with Gasteiger partial charge in [-0.3, -0.25) is 9.59 Å². The SMILES string of the molecule is Nc1ccc(C(CC(=O)O)C(=O)S)cc1. The van der Waals surface area contributed by atoms with E-state index in [0.717, 1.165) is 0 Å². The van der Waals surface area contributed by atoms with E-state index in [1.807, 2.05) is 0 Å². The summed E-state index contributed by atoms with van der Waals surface area (Å²) in [6.07, 6.45) is -0.258. The van der Waals surface area contributed by atoms with E-state index in [9.17, 15) is 9.59 Å². The number of aliphatic carboxylic acids is 1. The Balaban J connectivity index is 2.94. The predicted molar refractivity (Wildman–Crippen MR) is 59.8 cm³/mol. The van der Waals surface area contributed by atoms with Gasteiger partial charge in [0.1, 0.15) is 0 Å². The Kier molecular flexibility index (Phi) is 3.74. The molecule has 0 saturated carbocycles. The fourth-order valence-corrected chi connectivity index (χ4v) is 1.49. The fourth-order valence-electron chi connectivity index (χ4n) is 1.25. The van der Waals surface area contributed by atoms with Crippen molar-refractivity contribution in [2.75, 3.05) is 5.73 Å². The van der Waals surface area contributed by atoms with E-state index in [2.05, 4.69) is 12.6 Å². The lowest BCUT2D eigenvalue weighted by atomic mass is 9.97. The fraction of sp³-hybridized carbons (Fsp3) is 0.200. The van der Waals surface area contributed by atoms with Crippen molar-refractivity contribution in [2.24, 2.45) is 0 Å². The molecule has 0 aliphatic carbocycles. The molecular formula is C10H11NO3S. The van der Waals surface area contributed by atoms with Crippen molar-refractivity contribution < 1.29 is 14.7 Å². The lowest BCUT2D eigenvalue weighted by Crippen LogP contribution is -2.12. The Morgan fingerprint density at radius 1 is 1.33 bits per heavy atom. The van der Waals surface area contributed by atoms with Crippen LogP contribution in [0.4, 0.5) is 5.69 Å². The zero-order valence-corrected chi connectivity index (χ0v) is 8.78. The van der Waals surface area contributed by atoms with Gasteiger partial charge in [-0.05, 0) is 17.7 Å². The first kappa shape index (κ1) is 11.6. The van der Waals surface area contributed by atoms with E-state index < -0.39 is 17.0 Å². The zero-order chi connectivity index (χ0) is 11.4. The first-order chi connectivity index (χ1) is 7.00. The molecule has 0 saturated heterocycles. The van der Waals surface area contributed by atoms with Crippen LogP contribution in [0.1, 0.15) is 17.9 Å². The van der Waals surface area contributed by atoms with Crippen LogP contribution in [0.3, 0.4) is 0 Å². The molecule has 0 bridgehead atoms. The van der Waals surface area contributed by atoms with E-state index >= 15 is 0 Å². The second kappa shape index (κ2) is 4.84. The molecule has 0 spiro atoms. The summed E-state index contributed by atoms with van der Waals surface area (Å²) in [6, 6.07) is 6.52. The molecule has 1 unspecified atom stereocenters. The van der Waals surface area contributed by atoms with Crippen LogP contribution < -0.4 is 5.73 Å². The summed E-state index contributed by atoms with van der Waals surface area (Å²) in [7, 11) is 0. The van der Waals surface area contributed by atoms with E-state index in [1.54, 1.807) is 24.3 Å². The van der Waals surface area contributed by atoms with Crippen LogP contribution in [0.2, 0.25) is 0 Å². The van der Waals surface area contributed by atoms with E-state index in [-0.39, 0.29) is 6.42 Å². The second-order valence-electron chi connectivity index (χ2n) is 3.16. The highest BCUT2D eigenvalue weighted by molar-refractivity contribution is 7.96. The van der Waals surface area contributed by atoms with Crippen molar-refractivity contribution in [3.8, 4) is 0 Å². The van der Waals surface area contributed by atoms with Gasteiger partial charge < -0.3 is 10.8 Å². The molecule has 1 rings (SSSR count). The van der Waals surface area contributed by atoms with Crippen molar-refractivity contribution in [2.45, 2.75) is 12.3 Å². The summed E-state index contributed by atoms with van der Waals surface area (Å²) in [5, 5.41) is 8.18. The molecule has 15 heavy (non-hydrogen) atoms. The van der Waals surface area contributed by atoms with Crippen molar-refractivity contribution >= 4 is 29.4 Å². The van der Waals surface area contributed by atoms with Crippen LogP contribution in [0.15, 0.2) is 24.3 Å². The molecule has 5 heteroatoms. The van der Waals surface area contributed by atoms with Crippen molar-refractivity contribution in [1.82, 2.24) is 0 Å². The van der Waals surface area contributed by atoms with Gasteiger partial charge in [-0.15, -0.1) is 12.6 Å². The average Bonchev–Trinajstić information content (AvgIpc) is 2.15. The van der Waals surface area contributed by atoms with Gasteiger partial charge in [0, 0.05) is 5.69 Å². The molecule has 1 atom stereocenters. The Bertz CT molecular complexity index is 375. The minimum Gasteiger partial charge on any atom is -0.481 e. The average molecular weight is 225 g/mol. The maximum absolute atomic E-state index is 11.1. The van der Waals surface area contributed by atoms with Crippen molar-refractivity contribution in [3.63, 3.8) is 0 Å². The van der Waals surface area contributed by atoms with Gasteiger partial charge in [-0.1, -0.05) is 12.1 Å². The highest BCUT2D eigenvalue weighted by atomic mass is 32.1. The van der Waals surface area contributed by atoms with E-state index in [0.29, 0.717) is 11.3 Å². The number of rotatable bonds is 4. The minimum absolute atomic E-state index is 0.258. The van der Waals surface area contributed by atoms with Crippen LogP contribution in [0.5, 0.6) is 0 Å². The number of hydrogen-bond acceptors (Lipinski definition) is 3. The van der Waals surface area contributed by atoms with E-state index in [1.165, 1.54) is 0 Å². The Labute approximate surface area is 92.5 Å². The third-order valence-electron chi connectivity index (χ3n) is 2.02. The van der Waals surface area contributed by atoms with Gasteiger partial charge in [0.25, 0.3) is 0 Å². The monoisotopic (exact) mass is 225 g/mol. The molecule has 0 aromatic heterocycles. The molecule has 1 aromatic carbocycles. The van der Waals surface area contributed by atoms with Gasteiger partial charge in [-0.2, -0.15) is 0 Å². The lowest BCUT2D eigenvalue weighted by Gasteiger charge is -2.10. The molecule has 0 aliphatic rings. The van der Waals surface area contributed by atoms with Gasteiger partial charge in [-0.25, -0.2) is 0 Å². The summed E-state index contributed by atoms with van der Waals surface area (Å²) >= 11 is 3.67. The summed E-state index contributed by atoms with van der Waals surface area (Å²) in [5.74, 6) is -1.74. The second-order valence-corrected chi connectivity index (χ2v) is 3.60. The van der Waals surface area contributed by atoms with Crippen molar-refractivity contribution in [1.29, 1.82) is 0 Å². The third kappa shape index (κ3) is 3.28. The number of hydrogen-bond donors (Lipinski definition) is 3. The Hall–Kier alpha value is -1.49. The summed E-state index contributed by atoms with van der Waals surface area (Å²) < 4.78 is 0. The molecule has 0 heterocycles. The number of nitrogens with two attached hydrogens (primary N) is 1. The molecule has 0 aliphatic heterocycles. The number of anilines is 1. The predicted octanol–water partition coefficient (Wildman–Crippen LogP) is 1.28. The van der Waals surface area contributed by atoms with Crippen LogP contribution in [-0.2, 0) is 9.59 Å². The minimum atomic E-state index is -1.03. The van der Waals surface area contributed by atoms with Gasteiger partial charge >= 0.3 is 5.97 Å². The molecular weight excluding hydrogens is 214 g/mol. The van der Waals surface area contributed by atoms with Gasteiger partial charge in [0.15, 0.2) is 5.12 Å². The first-order valence-corrected chi connectivity index (χ1v) is 4.75.